The van der Waals surface area contributed by atoms with Gasteiger partial charge in [0.05, 0.1) is 0 Å². The van der Waals surface area contributed by atoms with Crippen LogP contribution in [-0.4, -0.2) is 16.9 Å². The van der Waals surface area contributed by atoms with Crippen LogP contribution in [0.15, 0.2) is 28.9 Å². The molecule has 0 spiro atoms. The largest absolute Gasteiger partial charge is 0.311 e. The Labute approximate surface area is 98.8 Å². The monoisotopic (exact) mass is 235 g/mol. The number of benzene rings is 1. The van der Waals surface area contributed by atoms with Crippen LogP contribution in [0.3, 0.4) is 0 Å². The van der Waals surface area contributed by atoms with E-state index in [2.05, 4.69) is 20.3 Å². The first-order valence-corrected chi connectivity index (χ1v) is 5.49. The standard InChI is InChI=1S/C12H14FN3O/c1-9-12(16-17-15-9)8-14-7-6-10-4-2-3-5-11(10)13/h2-5,14H,6-8H2,1H3. The lowest BCUT2D eigenvalue weighted by molar-refractivity contribution is 0.300. The zero-order valence-electron chi connectivity index (χ0n) is 9.61. The Bertz CT molecular complexity index is 484. The minimum absolute atomic E-state index is 0.159. The number of nitrogens with one attached hydrogen (secondary N) is 1. The number of aryl methyl sites for hydroxylation is 1. The Kier molecular flexibility index (Phi) is 3.82. The zero-order valence-corrected chi connectivity index (χ0v) is 9.61. The van der Waals surface area contributed by atoms with Crippen LogP contribution in [0.1, 0.15) is 17.0 Å². The van der Waals surface area contributed by atoms with E-state index in [0.29, 0.717) is 19.5 Å². The van der Waals surface area contributed by atoms with Gasteiger partial charge in [-0.15, -0.1) is 0 Å². The second kappa shape index (κ2) is 5.54. The highest BCUT2D eigenvalue weighted by Gasteiger charge is 2.04. The fourth-order valence-electron chi connectivity index (χ4n) is 1.54. The summed E-state index contributed by atoms with van der Waals surface area (Å²) in [6.07, 6.45) is 0.650. The summed E-state index contributed by atoms with van der Waals surface area (Å²) in [6, 6.07) is 6.79. The SMILES string of the molecule is Cc1nonc1CNCCc1ccccc1F. The maximum Gasteiger partial charge on any atom is 0.126 e. The molecule has 1 heterocycles. The molecular weight excluding hydrogens is 221 g/mol. The summed E-state index contributed by atoms with van der Waals surface area (Å²) >= 11 is 0. The van der Waals surface area contributed by atoms with Crippen LogP contribution in [-0.2, 0) is 13.0 Å². The van der Waals surface area contributed by atoms with Gasteiger partial charge in [0.15, 0.2) is 0 Å². The predicted octanol–water partition coefficient (Wildman–Crippen LogP) is 1.85. The van der Waals surface area contributed by atoms with Gasteiger partial charge in [0.25, 0.3) is 0 Å². The van der Waals surface area contributed by atoms with Crippen LogP contribution < -0.4 is 5.32 Å². The van der Waals surface area contributed by atoms with Gasteiger partial charge in [0, 0.05) is 6.54 Å². The van der Waals surface area contributed by atoms with Crippen LogP contribution in [0.25, 0.3) is 0 Å². The minimum Gasteiger partial charge on any atom is -0.311 e. The molecule has 0 aliphatic rings. The Morgan fingerprint density at radius 3 is 2.82 bits per heavy atom. The van der Waals surface area contributed by atoms with E-state index in [9.17, 15) is 4.39 Å². The smallest absolute Gasteiger partial charge is 0.126 e. The van der Waals surface area contributed by atoms with E-state index in [0.717, 1.165) is 17.0 Å². The molecule has 0 unspecified atom stereocenters. The number of aromatic nitrogens is 2. The van der Waals surface area contributed by atoms with Gasteiger partial charge in [-0.1, -0.05) is 28.5 Å². The van der Waals surface area contributed by atoms with Gasteiger partial charge < -0.3 is 5.32 Å². The van der Waals surface area contributed by atoms with Crippen molar-refractivity contribution >= 4 is 0 Å². The van der Waals surface area contributed by atoms with E-state index < -0.39 is 0 Å². The molecule has 0 radical (unpaired) electrons. The number of halogens is 1. The molecule has 0 saturated heterocycles. The molecule has 2 rings (SSSR count). The van der Waals surface area contributed by atoms with Crippen molar-refractivity contribution in [1.29, 1.82) is 0 Å². The van der Waals surface area contributed by atoms with Crippen molar-refractivity contribution in [2.75, 3.05) is 6.54 Å². The summed E-state index contributed by atoms with van der Waals surface area (Å²) in [5.74, 6) is -0.159. The molecule has 0 aliphatic heterocycles. The van der Waals surface area contributed by atoms with Gasteiger partial charge in [-0.25, -0.2) is 9.02 Å². The summed E-state index contributed by atoms with van der Waals surface area (Å²) in [5, 5.41) is 10.6. The molecule has 90 valence electrons. The molecule has 0 atom stereocenters. The van der Waals surface area contributed by atoms with Gasteiger partial charge in [-0.2, -0.15) is 0 Å². The fraction of sp³-hybridized carbons (Fsp3) is 0.333. The van der Waals surface area contributed by atoms with Crippen LogP contribution >= 0.6 is 0 Å². The van der Waals surface area contributed by atoms with E-state index in [-0.39, 0.29) is 5.82 Å². The van der Waals surface area contributed by atoms with Crippen molar-refractivity contribution in [3.63, 3.8) is 0 Å². The average Bonchev–Trinajstić information content (AvgIpc) is 2.73. The van der Waals surface area contributed by atoms with Gasteiger partial charge in [0.1, 0.15) is 17.2 Å². The number of hydrogen-bond acceptors (Lipinski definition) is 4. The average molecular weight is 235 g/mol. The van der Waals surface area contributed by atoms with Gasteiger partial charge >= 0.3 is 0 Å². The third kappa shape index (κ3) is 3.10. The van der Waals surface area contributed by atoms with Crippen molar-refractivity contribution in [2.24, 2.45) is 0 Å². The topological polar surface area (TPSA) is 51.0 Å². The lowest BCUT2D eigenvalue weighted by Crippen LogP contribution is -2.17. The molecule has 2 aromatic rings. The lowest BCUT2D eigenvalue weighted by Gasteiger charge is -2.04. The predicted molar refractivity (Wildman–Crippen MR) is 60.8 cm³/mol. The molecule has 17 heavy (non-hydrogen) atoms. The highest BCUT2D eigenvalue weighted by atomic mass is 19.1. The summed E-state index contributed by atoms with van der Waals surface area (Å²) in [4.78, 5) is 0. The highest BCUT2D eigenvalue weighted by Crippen LogP contribution is 2.06. The fourth-order valence-corrected chi connectivity index (χ4v) is 1.54. The second-order valence-electron chi connectivity index (χ2n) is 3.81. The number of nitrogens with zero attached hydrogens (tertiary/aromatic N) is 2. The molecule has 0 bridgehead atoms. The summed E-state index contributed by atoms with van der Waals surface area (Å²) in [7, 11) is 0. The van der Waals surface area contributed by atoms with Crippen LogP contribution in [0, 0.1) is 12.7 Å². The van der Waals surface area contributed by atoms with Crippen molar-refractivity contribution in [3.8, 4) is 0 Å². The molecule has 1 aromatic heterocycles. The maximum atomic E-state index is 13.3. The Morgan fingerprint density at radius 2 is 2.12 bits per heavy atom. The van der Waals surface area contributed by atoms with E-state index in [1.807, 2.05) is 13.0 Å². The second-order valence-corrected chi connectivity index (χ2v) is 3.81. The lowest BCUT2D eigenvalue weighted by atomic mass is 10.1. The first-order chi connectivity index (χ1) is 8.27. The maximum absolute atomic E-state index is 13.3. The molecular formula is C12H14FN3O. The van der Waals surface area contributed by atoms with E-state index in [4.69, 9.17) is 0 Å². The van der Waals surface area contributed by atoms with Crippen LogP contribution in [0.4, 0.5) is 4.39 Å². The van der Waals surface area contributed by atoms with E-state index >= 15 is 0 Å². The van der Waals surface area contributed by atoms with Crippen LogP contribution in [0.2, 0.25) is 0 Å². The quantitative estimate of drug-likeness (QED) is 0.803. The molecule has 0 fully saturated rings. The normalized spacial score (nSPS) is 10.7. The molecule has 1 aromatic carbocycles. The molecule has 5 heteroatoms. The molecule has 0 aliphatic carbocycles. The molecule has 0 amide bonds. The first kappa shape index (κ1) is 11.7. The molecule has 0 saturated carbocycles. The Hall–Kier alpha value is -1.75. The minimum atomic E-state index is -0.159. The summed E-state index contributed by atoms with van der Waals surface area (Å²) in [5.41, 5.74) is 2.29. The zero-order chi connectivity index (χ0) is 12.1. The molecule has 1 N–H and O–H groups in total. The van der Waals surface area contributed by atoms with Gasteiger partial charge in [-0.05, 0) is 31.5 Å². The Morgan fingerprint density at radius 1 is 1.29 bits per heavy atom. The van der Waals surface area contributed by atoms with Gasteiger partial charge in [0.2, 0.25) is 0 Å². The van der Waals surface area contributed by atoms with Crippen molar-refractivity contribution in [3.05, 3.63) is 47.0 Å². The summed E-state index contributed by atoms with van der Waals surface area (Å²) in [6.45, 7) is 3.11. The Balaban J connectivity index is 1.77. The highest BCUT2D eigenvalue weighted by molar-refractivity contribution is 5.17. The summed E-state index contributed by atoms with van der Waals surface area (Å²) < 4.78 is 17.9. The third-order valence-electron chi connectivity index (χ3n) is 2.57. The van der Waals surface area contributed by atoms with Crippen molar-refractivity contribution in [1.82, 2.24) is 15.6 Å². The number of rotatable bonds is 5. The van der Waals surface area contributed by atoms with E-state index in [1.165, 1.54) is 6.07 Å². The van der Waals surface area contributed by atoms with Crippen LogP contribution in [0.5, 0.6) is 0 Å². The van der Waals surface area contributed by atoms with E-state index in [1.54, 1.807) is 12.1 Å². The van der Waals surface area contributed by atoms with Crippen molar-refractivity contribution < 1.29 is 9.02 Å². The molecule has 4 nitrogen and oxygen atoms in total. The third-order valence-corrected chi connectivity index (χ3v) is 2.57. The first-order valence-electron chi connectivity index (χ1n) is 5.49. The number of hydrogen-bond donors (Lipinski definition) is 1. The van der Waals surface area contributed by atoms with Gasteiger partial charge in [-0.3, -0.25) is 0 Å². The van der Waals surface area contributed by atoms with Crippen molar-refractivity contribution in [2.45, 2.75) is 19.9 Å².